The van der Waals surface area contributed by atoms with Crippen LogP contribution in [0.25, 0.3) is 5.52 Å². The molecule has 1 N–H and O–H groups in total. The highest BCUT2D eigenvalue weighted by molar-refractivity contribution is 6.49. The van der Waals surface area contributed by atoms with E-state index in [1.807, 2.05) is 31.2 Å². The predicted molar refractivity (Wildman–Crippen MR) is 136 cm³/mol. The normalized spacial score (nSPS) is 11.6. The molecular formula is C24H17Cl3N4O3. The fraction of sp³-hybridized carbons (Fsp3) is 0.0833. The highest BCUT2D eigenvalue weighted by Crippen LogP contribution is 2.33. The van der Waals surface area contributed by atoms with Crippen LogP contribution in [0.2, 0.25) is 15.1 Å². The number of carbonyl (C=O) groups is 1. The minimum Gasteiger partial charge on any atom is -0.313 e. The molecule has 0 saturated carbocycles. The highest BCUT2D eigenvalue weighted by Gasteiger charge is 2.22. The fourth-order valence-corrected chi connectivity index (χ4v) is 4.28. The lowest BCUT2D eigenvalue weighted by molar-refractivity contribution is -0.384. The lowest BCUT2D eigenvalue weighted by atomic mass is 10.0. The van der Waals surface area contributed by atoms with Crippen LogP contribution in [0.4, 0.5) is 11.4 Å². The Hall–Kier alpha value is -3.39. The number of rotatable bonds is 6. The van der Waals surface area contributed by atoms with Gasteiger partial charge in [0, 0.05) is 28.9 Å². The maximum absolute atomic E-state index is 13.2. The lowest BCUT2D eigenvalue weighted by Gasteiger charge is -2.09. The quantitative estimate of drug-likeness (QED) is 0.0968. The number of anilines is 1. The van der Waals surface area contributed by atoms with Crippen molar-refractivity contribution in [3.05, 3.63) is 108 Å². The van der Waals surface area contributed by atoms with Crippen LogP contribution in [0.15, 0.2) is 65.9 Å². The van der Waals surface area contributed by atoms with Crippen molar-refractivity contribution in [2.75, 3.05) is 5.43 Å². The van der Waals surface area contributed by atoms with E-state index in [0.717, 1.165) is 11.1 Å². The standard InChI is InChI=1S/C24H17Cl3N4O3/c1-13-11-16-5-3-4-10-30(16)23(13)24(32)15-6-9-19(20(12-15)31(33)34)29-28-14(2)17-7-8-18(25)22(27)21(17)26/h3-12,29H,1-2H3. The molecule has 4 rings (SSSR count). The first-order valence-corrected chi connectivity index (χ1v) is 11.2. The van der Waals surface area contributed by atoms with Crippen molar-refractivity contribution in [1.82, 2.24) is 4.40 Å². The Labute approximate surface area is 209 Å². The van der Waals surface area contributed by atoms with Crippen LogP contribution in [0, 0.1) is 17.0 Å². The Morgan fingerprint density at radius 1 is 1.06 bits per heavy atom. The number of ketones is 1. The van der Waals surface area contributed by atoms with Gasteiger partial charge in [-0.05, 0) is 55.8 Å². The maximum Gasteiger partial charge on any atom is 0.294 e. The van der Waals surface area contributed by atoms with Gasteiger partial charge in [-0.1, -0.05) is 46.9 Å². The molecule has 172 valence electrons. The molecule has 0 bridgehead atoms. The van der Waals surface area contributed by atoms with Gasteiger partial charge in [-0.2, -0.15) is 5.10 Å². The van der Waals surface area contributed by atoms with Gasteiger partial charge >= 0.3 is 0 Å². The largest absolute Gasteiger partial charge is 0.313 e. The molecule has 0 unspecified atom stereocenters. The van der Waals surface area contributed by atoms with Crippen LogP contribution in [-0.4, -0.2) is 20.8 Å². The van der Waals surface area contributed by atoms with Crippen LogP contribution in [0.3, 0.4) is 0 Å². The number of hydrogen-bond donors (Lipinski definition) is 1. The van der Waals surface area contributed by atoms with Crippen LogP contribution >= 0.6 is 34.8 Å². The molecule has 2 aromatic carbocycles. The third-order valence-electron chi connectivity index (χ3n) is 5.31. The van der Waals surface area contributed by atoms with E-state index in [4.69, 9.17) is 34.8 Å². The summed E-state index contributed by atoms with van der Waals surface area (Å²) in [5, 5.41) is 16.7. The number of benzene rings is 2. The van der Waals surface area contributed by atoms with Crippen LogP contribution < -0.4 is 5.43 Å². The van der Waals surface area contributed by atoms with Crippen molar-refractivity contribution >= 4 is 63.2 Å². The summed E-state index contributed by atoms with van der Waals surface area (Å²) in [7, 11) is 0. The van der Waals surface area contributed by atoms with Crippen LogP contribution in [0.5, 0.6) is 0 Å². The molecule has 10 heteroatoms. The van der Waals surface area contributed by atoms with Crippen LogP contribution in [-0.2, 0) is 0 Å². The molecule has 0 saturated heterocycles. The van der Waals surface area contributed by atoms with E-state index in [1.54, 1.807) is 29.7 Å². The third kappa shape index (κ3) is 4.37. The maximum atomic E-state index is 13.2. The minimum atomic E-state index is -0.570. The Morgan fingerprint density at radius 3 is 2.56 bits per heavy atom. The van der Waals surface area contributed by atoms with Crippen molar-refractivity contribution in [2.24, 2.45) is 5.10 Å². The average Bonchev–Trinajstić information content (AvgIpc) is 3.16. The molecule has 0 atom stereocenters. The second-order valence-electron chi connectivity index (χ2n) is 7.52. The summed E-state index contributed by atoms with van der Waals surface area (Å²) < 4.78 is 1.77. The van der Waals surface area contributed by atoms with Gasteiger partial charge in [-0.25, -0.2) is 0 Å². The molecule has 7 nitrogen and oxygen atoms in total. The van der Waals surface area contributed by atoms with Crippen molar-refractivity contribution in [2.45, 2.75) is 13.8 Å². The number of hydrazone groups is 1. The van der Waals surface area contributed by atoms with Gasteiger partial charge in [0.25, 0.3) is 5.69 Å². The summed E-state index contributed by atoms with van der Waals surface area (Å²) in [6.45, 7) is 3.50. The monoisotopic (exact) mass is 514 g/mol. The minimum absolute atomic E-state index is 0.119. The van der Waals surface area contributed by atoms with Gasteiger partial charge in [-0.3, -0.25) is 20.3 Å². The number of aromatic nitrogens is 1. The number of pyridine rings is 1. The van der Waals surface area contributed by atoms with E-state index in [2.05, 4.69) is 10.5 Å². The molecule has 0 amide bonds. The van der Waals surface area contributed by atoms with Gasteiger partial charge in [-0.15, -0.1) is 0 Å². The molecule has 2 aromatic heterocycles. The summed E-state index contributed by atoms with van der Waals surface area (Å²) in [6, 6.07) is 14.9. The van der Waals surface area contributed by atoms with E-state index in [1.165, 1.54) is 18.2 Å². The van der Waals surface area contributed by atoms with Crippen molar-refractivity contribution in [3.63, 3.8) is 0 Å². The van der Waals surface area contributed by atoms with E-state index in [0.29, 0.717) is 22.0 Å². The summed E-state index contributed by atoms with van der Waals surface area (Å²) in [4.78, 5) is 24.4. The Kier molecular flexibility index (Phi) is 6.61. The van der Waals surface area contributed by atoms with E-state index in [9.17, 15) is 14.9 Å². The van der Waals surface area contributed by atoms with Crippen molar-refractivity contribution in [3.8, 4) is 0 Å². The molecule has 4 aromatic rings. The van der Waals surface area contributed by atoms with Gasteiger partial charge in [0.1, 0.15) is 5.69 Å². The molecule has 0 aliphatic rings. The molecular weight excluding hydrogens is 499 g/mol. The first kappa shape index (κ1) is 23.8. The summed E-state index contributed by atoms with van der Waals surface area (Å²) in [5.74, 6) is -0.319. The Bertz CT molecular complexity index is 1490. The van der Waals surface area contributed by atoms with E-state index >= 15 is 0 Å². The van der Waals surface area contributed by atoms with Gasteiger partial charge in [0.05, 0.1) is 31.4 Å². The van der Waals surface area contributed by atoms with Crippen molar-refractivity contribution in [1.29, 1.82) is 0 Å². The molecule has 0 fully saturated rings. The number of nitro groups is 1. The summed E-state index contributed by atoms with van der Waals surface area (Å²) >= 11 is 18.3. The van der Waals surface area contributed by atoms with E-state index < -0.39 is 4.92 Å². The lowest BCUT2D eigenvalue weighted by Crippen LogP contribution is -2.08. The number of aryl methyl sites for hydroxylation is 1. The van der Waals surface area contributed by atoms with Crippen LogP contribution in [0.1, 0.15) is 34.1 Å². The SMILES string of the molecule is CC(=NNc1ccc(C(=O)c2c(C)cc3ccccn23)cc1[N+](=O)[O-])c1ccc(Cl)c(Cl)c1Cl. The zero-order chi connectivity index (χ0) is 24.6. The molecule has 0 aliphatic heterocycles. The fourth-order valence-electron chi connectivity index (χ4n) is 3.61. The van der Waals surface area contributed by atoms with Gasteiger partial charge < -0.3 is 4.40 Å². The molecule has 0 spiro atoms. The highest BCUT2D eigenvalue weighted by atomic mass is 35.5. The van der Waals surface area contributed by atoms with Gasteiger partial charge in [0.15, 0.2) is 0 Å². The Balaban J connectivity index is 1.68. The van der Waals surface area contributed by atoms with E-state index in [-0.39, 0.29) is 32.8 Å². The number of halogens is 3. The predicted octanol–water partition coefficient (Wildman–Crippen LogP) is 7.18. The second kappa shape index (κ2) is 9.46. The zero-order valence-electron chi connectivity index (χ0n) is 18.0. The molecule has 0 radical (unpaired) electrons. The number of hydrogen-bond acceptors (Lipinski definition) is 5. The second-order valence-corrected chi connectivity index (χ2v) is 8.68. The number of fused-ring (bicyclic) bond motifs is 1. The number of nitro benzene ring substituents is 1. The number of nitrogens with zero attached hydrogens (tertiary/aromatic N) is 3. The third-order valence-corrected chi connectivity index (χ3v) is 6.60. The first-order chi connectivity index (χ1) is 16.2. The Morgan fingerprint density at radius 2 is 1.82 bits per heavy atom. The molecule has 2 heterocycles. The summed E-state index contributed by atoms with van der Waals surface area (Å²) in [5.41, 5.74) is 5.76. The number of carbonyl (C=O) groups excluding carboxylic acids is 1. The molecule has 34 heavy (non-hydrogen) atoms. The number of nitrogens with one attached hydrogen (secondary N) is 1. The summed E-state index contributed by atoms with van der Waals surface area (Å²) in [6.07, 6.45) is 1.78. The first-order valence-electron chi connectivity index (χ1n) is 10.0. The smallest absolute Gasteiger partial charge is 0.294 e. The van der Waals surface area contributed by atoms with Gasteiger partial charge in [0.2, 0.25) is 5.78 Å². The zero-order valence-corrected chi connectivity index (χ0v) is 20.2. The average molecular weight is 516 g/mol. The van der Waals surface area contributed by atoms with Crippen molar-refractivity contribution < 1.29 is 9.72 Å². The topological polar surface area (TPSA) is 89.0 Å². The molecule has 0 aliphatic carbocycles.